The Morgan fingerprint density at radius 3 is 2.53 bits per heavy atom. The van der Waals surface area contributed by atoms with E-state index in [1.54, 1.807) is 30.3 Å². The van der Waals surface area contributed by atoms with Crippen LogP contribution in [0.5, 0.6) is 0 Å². The predicted molar refractivity (Wildman–Crippen MR) is 120 cm³/mol. The average Bonchev–Trinajstić information content (AvgIpc) is 3.28. The number of hydrogen-bond acceptors (Lipinski definition) is 3. The number of likely N-dealkylation sites (tertiary alicyclic amines) is 1. The number of rotatable bonds is 7. The van der Waals surface area contributed by atoms with Gasteiger partial charge in [-0.25, -0.2) is 8.78 Å². The largest absolute Gasteiger partial charge is 0.333 e. The van der Waals surface area contributed by atoms with Crippen molar-refractivity contribution in [2.75, 3.05) is 20.1 Å². The maximum atomic E-state index is 13.9. The highest BCUT2D eigenvalue weighted by Crippen LogP contribution is 2.31. The molecule has 0 bridgehead atoms. The lowest BCUT2D eigenvalue weighted by Crippen LogP contribution is -2.38. The summed E-state index contributed by atoms with van der Waals surface area (Å²) < 4.78 is 27.0. The molecule has 1 saturated heterocycles. The maximum absolute atomic E-state index is 13.9. The molecular formula is C26H27F2N3O. The first-order valence-electron chi connectivity index (χ1n) is 10.9. The Morgan fingerprint density at radius 2 is 1.81 bits per heavy atom. The summed E-state index contributed by atoms with van der Waals surface area (Å²) in [6.45, 7) is 1.32. The summed E-state index contributed by atoms with van der Waals surface area (Å²) >= 11 is 0. The van der Waals surface area contributed by atoms with Gasteiger partial charge in [-0.05, 0) is 61.7 Å². The van der Waals surface area contributed by atoms with Gasteiger partial charge in [-0.15, -0.1) is 0 Å². The SMILES string of the molecule is CN(CC(=O)N1CCC[C@@H]1c1ccc(Cc2ccc(F)cc2)cn1)Cc1ccccc1F. The average molecular weight is 436 g/mol. The van der Waals surface area contributed by atoms with Crippen LogP contribution in [-0.4, -0.2) is 40.8 Å². The van der Waals surface area contributed by atoms with Crippen molar-refractivity contribution in [2.24, 2.45) is 0 Å². The molecule has 1 atom stereocenters. The van der Waals surface area contributed by atoms with E-state index in [0.717, 1.165) is 29.7 Å². The van der Waals surface area contributed by atoms with Gasteiger partial charge in [0.25, 0.3) is 0 Å². The lowest BCUT2D eigenvalue weighted by Gasteiger charge is -2.27. The van der Waals surface area contributed by atoms with Gasteiger partial charge in [0.05, 0.1) is 18.3 Å². The Hall–Kier alpha value is -3.12. The summed E-state index contributed by atoms with van der Waals surface area (Å²) in [6.07, 6.45) is 4.34. The molecule has 1 fully saturated rings. The van der Waals surface area contributed by atoms with Gasteiger partial charge in [-0.3, -0.25) is 14.7 Å². The van der Waals surface area contributed by atoms with Gasteiger partial charge < -0.3 is 4.90 Å². The summed E-state index contributed by atoms with van der Waals surface area (Å²) in [7, 11) is 1.83. The number of pyridine rings is 1. The second kappa shape index (κ2) is 10.0. The fraction of sp³-hybridized carbons (Fsp3) is 0.308. The quantitative estimate of drug-likeness (QED) is 0.538. The number of aromatic nitrogens is 1. The van der Waals surface area contributed by atoms with Crippen LogP contribution in [-0.2, 0) is 17.8 Å². The van der Waals surface area contributed by atoms with E-state index < -0.39 is 0 Å². The number of likely N-dealkylation sites (N-methyl/N-ethyl adjacent to an activating group) is 1. The topological polar surface area (TPSA) is 36.4 Å². The third kappa shape index (κ3) is 5.37. The van der Waals surface area contributed by atoms with Crippen molar-refractivity contribution in [1.82, 2.24) is 14.8 Å². The van der Waals surface area contributed by atoms with Crippen LogP contribution in [0.3, 0.4) is 0 Å². The molecule has 1 aliphatic heterocycles. The number of hydrogen-bond donors (Lipinski definition) is 0. The van der Waals surface area contributed by atoms with Gasteiger partial charge in [0.15, 0.2) is 0 Å². The van der Waals surface area contributed by atoms with Crippen molar-refractivity contribution in [3.8, 4) is 0 Å². The third-order valence-electron chi connectivity index (χ3n) is 5.89. The Labute approximate surface area is 187 Å². The number of nitrogens with zero attached hydrogens (tertiary/aromatic N) is 3. The summed E-state index contributed by atoms with van der Waals surface area (Å²) in [5.41, 5.74) is 3.53. The van der Waals surface area contributed by atoms with E-state index in [-0.39, 0.29) is 30.1 Å². The molecule has 1 aromatic heterocycles. The summed E-state index contributed by atoms with van der Waals surface area (Å²) in [5, 5.41) is 0. The first kappa shape index (κ1) is 22.1. The molecule has 2 aromatic carbocycles. The van der Waals surface area contributed by atoms with Crippen LogP contribution in [0, 0.1) is 11.6 Å². The minimum atomic E-state index is -0.254. The molecule has 1 aliphatic rings. The van der Waals surface area contributed by atoms with E-state index in [0.29, 0.717) is 25.1 Å². The van der Waals surface area contributed by atoms with Gasteiger partial charge in [0.2, 0.25) is 5.91 Å². The smallest absolute Gasteiger partial charge is 0.237 e. The molecule has 3 aromatic rings. The number of benzene rings is 2. The van der Waals surface area contributed by atoms with E-state index in [1.807, 2.05) is 35.2 Å². The van der Waals surface area contributed by atoms with Crippen molar-refractivity contribution in [1.29, 1.82) is 0 Å². The molecule has 0 spiro atoms. The molecule has 2 heterocycles. The van der Waals surface area contributed by atoms with E-state index in [4.69, 9.17) is 0 Å². The summed E-state index contributed by atoms with van der Waals surface area (Å²) in [5.74, 6) is -0.466. The second-order valence-corrected chi connectivity index (χ2v) is 8.40. The van der Waals surface area contributed by atoms with Gasteiger partial charge in [0.1, 0.15) is 11.6 Å². The fourth-order valence-corrected chi connectivity index (χ4v) is 4.24. The minimum absolute atomic E-state index is 0.0310. The highest BCUT2D eigenvalue weighted by Gasteiger charge is 2.31. The van der Waals surface area contributed by atoms with Crippen molar-refractivity contribution < 1.29 is 13.6 Å². The van der Waals surface area contributed by atoms with Crippen LogP contribution in [0.4, 0.5) is 8.78 Å². The number of carbonyl (C=O) groups is 1. The van der Waals surface area contributed by atoms with E-state index in [1.165, 1.54) is 18.2 Å². The minimum Gasteiger partial charge on any atom is -0.333 e. The number of amides is 1. The van der Waals surface area contributed by atoms with Crippen LogP contribution < -0.4 is 0 Å². The zero-order valence-electron chi connectivity index (χ0n) is 18.2. The van der Waals surface area contributed by atoms with Crippen LogP contribution in [0.1, 0.15) is 41.3 Å². The van der Waals surface area contributed by atoms with Gasteiger partial charge in [0, 0.05) is 24.8 Å². The Kier molecular flexibility index (Phi) is 6.90. The number of halogens is 2. The molecule has 0 N–H and O–H groups in total. The molecule has 0 saturated carbocycles. The lowest BCUT2D eigenvalue weighted by molar-refractivity contribution is -0.133. The van der Waals surface area contributed by atoms with Crippen molar-refractivity contribution in [3.63, 3.8) is 0 Å². The predicted octanol–water partition coefficient (Wildman–Crippen LogP) is 4.75. The normalized spacial score (nSPS) is 16.0. The van der Waals surface area contributed by atoms with E-state index in [2.05, 4.69) is 4.98 Å². The molecule has 4 rings (SSSR count). The van der Waals surface area contributed by atoms with E-state index >= 15 is 0 Å². The maximum Gasteiger partial charge on any atom is 0.237 e. The number of carbonyl (C=O) groups excluding carboxylic acids is 1. The highest BCUT2D eigenvalue weighted by molar-refractivity contribution is 5.79. The first-order valence-corrected chi connectivity index (χ1v) is 10.9. The molecule has 32 heavy (non-hydrogen) atoms. The fourth-order valence-electron chi connectivity index (χ4n) is 4.24. The molecule has 6 heteroatoms. The molecular weight excluding hydrogens is 408 g/mol. The Bertz CT molecular complexity index is 1050. The van der Waals surface area contributed by atoms with Crippen molar-refractivity contribution >= 4 is 5.91 Å². The van der Waals surface area contributed by atoms with Gasteiger partial charge in [-0.1, -0.05) is 36.4 Å². The van der Waals surface area contributed by atoms with Crippen LogP contribution >= 0.6 is 0 Å². The van der Waals surface area contributed by atoms with Crippen LogP contribution in [0.2, 0.25) is 0 Å². The standard InChI is InChI=1S/C26H27F2N3O/c1-30(17-21-5-2-3-6-23(21)28)18-26(32)31-14-4-7-25(31)24-13-10-20(16-29-24)15-19-8-11-22(27)12-9-19/h2-3,5-6,8-13,16,25H,4,7,14-15,17-18H2,1H3/t25-/m1/s1. The van der Waals surface area contributed by atoms with E-state index in [9.17, 15) is 13.6 Å². The van der Waals surface area contributed by atoms with Crippen molar-refractivity contribution in [3.05, 3.63) is 101 Å². The second-order valence-electron chi connectivity index (χ2n) is 8.40. The molecule has 166 valence electrons. The Balaban J connectivity index is 1.37. The molecule has 0 aliphatic carbocycles. The molecule has 1 amide bonds. The Morgan fingerprint density at radius 1 is 1.06 bits per heavy atom. The van der Waals surface area contributed by atoms with Gasteiger partial charge in [-0.2, -0.15) is 0 Å². The molecule has 0 radical (unpaired) electrons. The van der Waals surface area contributed by atoms with Gasteiger partial charge >= 0.3 is 0 Å². The third-order valence-corrected chi connectivity index (χ3v) is 5.89. The first-order chi connectivity index (χ1) is 15.5. The monoisotopic (exact) mass is 435 g/mol. The zero-order valence-corrected chi connectivity index (χ0v) is 18.2. The van der Waals surface area contributed by atoms with Crippen molar-refractivity contribution in [2.45, 2.75) is 31.8 Å². The van der Waals surface area contributed by atoms with Crippen LogP contribution in [0.25, 0.3) is 0 Å². The van der Waals surface area contributed by atoms with Crippen LogP contribution in [0.15, 0.2) is 66.9 Å². The molecule has 4 nitrogen and oxygen atoms in total. The lowest BCUT2D eigenvalue weighted by atomic mass is 10.0. The highest BCUT2D eigenvalue weighted by atomic mass is 19.1. The molecule has 0 unspecified atom stereocenters. The zero-order chi connectivity index (χ0) is 22.5. The summed E-state index contributed by atoms with van der Waals surface area (Å²) in [4.78, 5) is 21.3. The summed E-state index contributed by atoms with van der Waals surface area (Å²) in [6, 6.07) is 17.1.